The summed E-state index contributed by atoms with van der Waals surface area (Å²) in [5.41, 5.74) is 3.82. The van der Waals surface area contributed by atoms with E-state index in [1.54, 1.807) is 11.1 Å². The van der Waals surface area contributed by atoms with Crippen molar-refractivity contribution in [2.75, 3.05) is 6.54 Å². The van der Waals surface area contributed by atoms with Gasteiger partial charge in [-0.2, -0.15) is 0 Å². The number of rotatable bonds is 5. The van der Waals surface area contributed by atoms with E-state index in [0.29, 0.717) is 11.5 Å². The number of hydrogen-bond donors (Lipinski definition) is 1. The first kappa shape index (κ1) is 13.2. The van der Waals surface area contributed by atoms with E-state index in [9.17, 15) is 0 Å². The van der Waals surface area contributed by atoms with Crippen LogP contribution in [0, 0.1) is 5.41 Å². The van der Waals surface area contributed by atoms with Gasteiger partial charge in [0.1, 0.15) is 0 Å². The van der Waals surface area contributed by atoms with Gasteiger partial charge in [0.05, 0.1) is 0 Å². The first-order chi connectivity index (χ1) is 9.33. The Morgan fingerprint density at radius 3 is 2.84 bits per heavy atom. The first-order valence-corrected chi connectivity index (χ1v) is 8.14. The second kappa shape index (κ2) is 5.66. The van der Waals surface area contributed by atoms with Gasteiger partial charge in [-0.25, -0.2) is 0 Å². The van der Waals surface area contributed by atoms with Gasteiger partial charge in [0, 0.05) is 12.6 Å². The van der Waals surface area contributed by atoms with Gasteiger partial charge < -0.3 is 5.32 Å². The van der Waals surface area contributed by atoms with Gasteiger partial charge >= 0.3 is 0 Å². The second-order valence-corrected chi connectivity index (χ2v) is 6.63. The molecule has 0 aromatic heterocycles. The number of hydrogen-bond acceptors (Lipinski definition) is 1. The van der Waals surface area contributed by atoms with Crippen molar-refractivity contribution in [3.63, 3.8) is 0 Å². The maximum atomic E-state index is 3.91. The van der Waals surface area contributed by atoms with Crippen molar-refractivity contribution in [3.8, 4) is 0 Å². The molecule has 1 atom stereocenters. The van der Waals surface area contributed by atoms with E-state index in [4.69, 9.17) is 0 Å². The van der Waals surface area contributed by atoms with Gasteiger partial charge in [0.2, 0.25) is 0 Å². The Morgan fingerprint density at radius 1 is 1.21 bits per heavy atom. The van der Waals surface area contributed by atoms with Crippen molar-refractivity contribution < 1.29 is 0 Å². The molecule has 0 aliphatic heterocycles. The minimum atomic E-state index is 0.605. The van der Waals surface area contributed by atoms with E-state index in [1.165, 1.54) is 57.9 Å². The van der Waals surface area contributed by atoms with Crippen molar-refractivity contribution >= 4 is 0 Å². The number of fused-ring (bicyclic) bond motifs is 1. The van der Waals surface area contributed by atoms with Crippen LogP contribution in [0.4, 0.5) is 0 Å². The van der Waals surface area contributed by atoms with Crippen LogP contribution in [0.5, 0.6) is 0 Å². The number of nitrogens with one attached hydrogen (secondary N) is 1. The van der Waals surface area contributed by atoms with E-state index >= 15 is 0 Å². The van der Waals surface area contributed by atoms with Crippen LogP contribution >= 0.6 is 0 Å². The summed E-state index contributed by atoms with van der Waals surface area (Å²) in [7, 11) is 0. The highest BCUT2D eigenvalue weighted by molar-refractivity contribution is 5.31. The SMILES string of the molecule is CCCC1(CNC2CCCCc3ccccc32)CC1. The van der Waals surface area contributed by atoms with Crippen LogP contribution in [0.15, 0.2) is 24.3 Å². The minimum absolute atomic E-state index is 0.605. The van der Waals surface area contributed by atoms with E-state index in [2.05, 4.69) is 36.5 Å². The van der Waals surface area contributed by atoms with Crippen molar-refractivity contribution in [1.29, 1.82) is 0 Å². The fourth-order valence-electron chi connectivity index (χ4n) is 3.70. The lowest BCUT2D eigenvalue weighted by Gasteiger charge is -2.23. The molecule has 0 radical (unpaired) electrons. The highest BCUT2D eigenvalue weighted by atomic mass is 14.9. The molecule has 1 heteroatoms. The van der Waals surface area contributed by atoms with Gasteiger partial charge in [-0.3, -0.25) is 0 Å². The molecule has 3 rings (SSSR count). The Labute approximate surface area is 117 Å². The smallest absolute Gasteiger partial charge is 0.0323 e. The summed E-state index contributed by atoms with van der Waals surface area (Å²) in [6.07, 6.45) is 11.0. The lowest BCUT2D eigenvalue weighted by Crippen LogP contribution is -2.28. The lowest BCUT2D eigenvalue weighted by atomic mass is 9.96. The van der Waals surface area contributed by atoms with E-state index < -0.39 is 0 Å². The second-order valence-electron chi connectivity index (χ2n) is 6.63. The summed E-state index contributed by atoms with van der Waals surface area (Å²) in [5, 5.41) is 3.91. The Bertz CT molecular complexity index is 419. The van der Waals surface area contributed by atoms with Gasteiger partial charge in [-0.05, 0) is 55.1 Å². The van der Waals surface area contributed by atoms with Crippen LogP contribution in [-0.2, 0) is 6.42 Å². The third-order valence-corrected chi connectivity index (χ3v) is 5.08. The van der Waals surface area contributed by atoms with Crippen molar-refractivity contribution in [1.82, 2.24) is 5.32 Å². The summed E-state index contributed by atoms with van der Waals surface area (Å²) in [5.74, 6) is 0. The van der Waals surface area contributed by atoms with Crippen molar-refractivity contribution in [3.05, 3.63) is 35.4 Å². The van der Waals surface area contributed by atoms with Gasteiger partial charge in [0.15, 0.2) is 0 Å². The van der Waals surface area contributed by atoms with Crippen LogP contribution in [0.2, 0.25) is 0 Å². The minimum Gasteiger partial charge on any atom is -0.309 e. The molecule has 19 heavy (non-hydrogen) atoms. The first-order valence-electron chi connectivity index (χ1n) is 8.14. The molecule has 1 fully saturated rings. The summed E-state index contributed by atoms with van der Waals surface area (Å²) in [6, 6.07) is 9.68. The largest absolute Gasteiger partial charge is 0.309 e. The molecule has 2 aliphatic carbocycles. The van der Waals surface area contributed by atoms with Crippen LogP contribution in [0.25, 0.3) is 0 Å². The summed E-state index contributed by atoms with van der Waals surface area (Å²) in [6.45, 7) is 3.56. The third-order valence-electron chi connectivity index (χ3n) is 5.08. The molecule has 1 aromatic carbocycles. The monoisotopic (exact) mass is 257 g/mol. The fourth-order valence-corrected chi connectivity index (χ4v) is 3.70. The molecule has 1 nitrogen and oxygen atoms in total. The van der Waals surface area contributed by atoms with Crippen LogP contribution in [0.1, 0.15) is 69.0 Å². The topological polar surface area (TPSA) is 12.0 Å². The Hall–Kier alpha value is -0.820. The molecule has 0 spiro atoms. The van der Waals surface area contributed by atoms with E-state index in [-0.39, 0.29) is 0 Å². The summed E-state index contributed by atoms with van der Waals surface area (Å²) >= 11 is 0. The molecule has 0 bridgehead atoms. The molecule has 0 saturated heterocycles. The number of aryl methyl sites for hydroxylation is 1. The maximum Gasteiger partial charge on any atom is 0.0323 e. The molecular weight excluding hydrogens is 230 g/mol. The van der Waals surface area contributed by atoms with Gasteiger partial charge in [0.25, 0.3) is 0 Å². The number of benzene rings is 1. The molecule has 0 heterocycles. The molecule has 1 N–H and O–H groups in total. The van der Waals surface area contributed by atoms with Gasteiger partial charge in [-0.15, -0.1) is 0 Å². The summed E-state index contributed by atoms with van der Waals surface area (Å²) in [4.78, 5) is 0. The molecule has 1 aromatic rings. The van der Waals surface area contributed by atoms with Crippen LogP contribution in [-0.4, -0.2) is 6.54 Å². The molecule has 1 unspecified atom stereocenters. The average Bonchev–Trinajstić information content (AvgIpc) is 3.21. The predicted octanol–water partition coefficient (Wildman–Crippen LogP) is 4.62. The fraction of sp³-hybridized carbons (Fsp3) is 0.667. The zero-order chi connectivity index (χ0) is 13.1. The Kier molecular flexibility index (Phi) is 3.93. The van der Waals surface area contributed by atoms with Crippen molar-refractivity contribution in [2.24, 2.45) is 5.41 Å². The molecule has 104 valence electrons. The van der Waals surface area contributed by atoms with E-state index in [1.807, 2.05) is 0 Å². The highest BCUT2D eigenvalue weighted by Gasteiger charge is 2.41. The Morgan fingerprint density at radius 2 is 2.05 bits per heavy atom. The van der Waals surface area contributed by atoms with Gasteiger partial charge in [-0.1, -0.05) is 44.0 Å². The Balaban J connectivity index is 1.67. The lowest BCUT2D eigenvalue weighted by molar-refractivity contribution is 0.377. The predicted molar refractivity (Wildman–Crippen MR) is 81.3 cm³/mol. The van der Waals surface area contributed by atoms with Crippen LogP contribution in [0.3, 0.4) is 0 Å². The molecular formula is C18H27N. The normalized spacial score (nSPS) is 24.6. The molecule has 0 amide bonds. The standard InChI is InChI=1S/C18H27N/c1-2-11-18(12-13-18)14-19-17-10-6-4-8-15-7-3-5-9-16(15)17/h3,5,7,9,17,19H,2,4,6,8,10-14H2,1H3. The molecule has 2 aliphatic rings. The molecule has 1 saturated carbocycles. The average molecular weight is 257 g/mol. The quantitative estimate of drug-likeness (QED) is 0.759. The van der Waals surface area contributed by atoms with Crippen molar-refractivity contribution in [2.45, 2.75) is 64.3 Å². The zero-order valence-electron chi connectivity index (χ0n) is 12.3. The zero-order valence-corrected chi connectivity index (χ0v) is 12.3. The maximum absolute atomic E-state index is 3.91. The van der Waals surface area contributed by atoms with Crippen LogP contribution < -0.4 is 5.32 Å². The third kappa shape index (κ3) is 3.02. The summed E-state index contributed by atoms with van der Waals surface area (Å²) < 4.78 is 0. The highest BCUT2D eigenvalue weighted by Crippen LogP contribution is 2.49. The van der Waals surface area contributed by atoms with E-state index in [0.717, 1.165) is 0 Å².